The van der Waals surface area contributed by atoms with Crippen LogP contribution in [0.25, 0.3) is 0 Å². The maximum absolute atomic E-state index is 10.9. The maximum atomic E-state index is 10.9. The summed E-state index contributed by atoms with van der Waals surface area (Å²) in [5.41, 5.74) is 1.24. The van der Waals surface area contributed by atoms with Crippen LogP contribution < -0.4 is 4.90 Å². The van der Waals surface area contributed by atoms with Gasteiger partial charge in [0.25, 0.3) is 0 Å². The van der Waals surface area contributed by atoms with Gasteiger partial charge in [-0.1, -0.05) is 12.1 Å². The third kappa shape index (κ3) is 2.71. The Morgan fingerprint density at radius 3 is 2.72 bits per heavy atom. The van der Waals surface area contributed by atoms with Crippen molar-refractivity contribution in [1.82, 2.24) is 0 Å². The molecule has 1 N–H and O–H groups in total. The number of hydrogen-bond donors (Lipinski definition) is 1. The Balaban J connectivity index is 2.14. The summed E-state index contributed by atoms with van der Waals surface area (Å²) in [6.07, 6.45) is 0. The van der Waals surface area contributed by atoms with Gasteiger partial charge < -0.3 is 14.4 Å². The van der Waals surface area contributed by atoms with Crippen LogP contribution in [0.3, 0.4) is 0 Å². The highest BCUT2D eigenvalue weighted by Crippen LogP contribution is 2.19. The number of rotatable bonds is 4. The molecule has 0 unspecified atom stereocenters. The molecule has 0 fully saturated rings. The number of carbonyl (C=O) groups is 1. The lowest BCUT2D eigenvalue weighted by Crippen LogP contribution is -2.15. The van der Waals surface area contributed by atoms with Gasteiger partial charge in [-0.15, -0.1) is 0 Å². The number of furan rings is 1. The van der Waals surface area contributed by atoms with Crippen molar-refractivity contribution < 1.29 is 14.3 Å². The highest BCUT2D eigenvalue weighted by molar-refractivity contribution is 5.87. The van der Waals surface area contributed by atoms with E-state index in [1.54, 1.807) is 18.2 Å². The number of benzene rings is 1. The number of carboxylic acid groups (broad SMARTS) is 1. The number of aromatic carboxylic acids is 1. The molecule has 4 nitrogen and oxygen atoms in total. The van der Waals surface area contributed by atoms with Crippen LogP contribution in [0.15, 0.2) is 40.8 Å². The van der Waals surface area contributed by atoms with E-state index in [4.69, 9.17) is 9.52 Å². The van der Waals surface area contributed by atoms with E-state index in [2.05, 4.69) is 0 Å². The van der Waals surface area contributed by atoms with Gasteiger partial charge in [-0.05, 0) is 30.7 Å². The Bertz CT molecular complexity index is 560. The van der Waals surface area contributed by atoms with Gasteiger partial charge in [0.05, 0.1) is 5.56 Å². The number of anilines is 1. The van der Waals surface area contributed by atoms with Crippen molar-refractivity contribution in [3.05, 3.63) is 53.3 Å². The van der Waals surface area contributed by atoms with E-state index in [-0.39, 0.29) is 0 Å². The number of hydrogen-bond acceptors (Lipinski definition) is 3. The molecule has 1 heterocycles. The summed E-state index contributed by atoms with van der Waals surface area (Å²) in [7, 11) is 1.91. The van der Waals surface area contributed by atoms with Crippen LogP contribution in [0.4, 0.5) is 5.88 Å². The zero-order valence-electron chi connectivity index (χ0n) is 10.4. The normalized spacial score (nSPS) is 10.3. The second kappa shape index (κ2) is 4.96. The highest BCUT2D eigenvalue weighted by Gasteiger charge is 2.08. The smallest absolute Gasteiger partial charge is 0.335 e. The minimum absolute atomic E-state index is 0.302. The number of nitrogens with zero attached hydrogens (tertiary/aromatic N) is 1. The van der Waals surface area contributed by atoms with Crippen LogP contribution in [0.5, 0.6) is 0 Å². The lowest BCUT2D eigenvalue weighted by atomic mass is 10.1. The van der Waals surface area contributed by atoms with Gasteiger partial charge in [-0.2, -0.15) is 0 Å². The predicted molar refractivity (Wildman–Crippen MR) is 69.0 cm³/mol. The van der Waals surface area contributed by atoms with E-state index >= 15 is 0 Å². The van der Waals surface area contributed by atoms with Gasteiger partial charge in [0.1, 0.15) is 5.76 Å². The van der Waals surface area contributed by atoms with Crippen molar-refractivity contribution in [2.24, 2.45) is 0 Å². The summed E-state index contributed by atoms with van der Waals surface area (Å²) in [4.78, 5) is 12.8. The van der Waals surface area contributed by atoms with Crippen LogP contribution in [-0.4, -0.2) is 18.1 Å². The Labute approximate surface area is 105 Å². The van der Waals surface area contributed by atoms with Crippen LogP contribution >= 0.6 is 0 Å². The molecule has 0 aliphatic carbocycles. The Morgan fingerprint density at radius 1 is 1.33 bits per heavy atom. The SMILES string of the molecule is Cc1ccc(N(C)Cc2cccc(C(=O)O)c2)o1. The third-order valence-corrected chi connectivity index (χ3v) is 2.70. The molecule has 0 aliphatic heterocycles. The molecule has 2 aromatic rings. The average molecular weight is 245 g/mol. The van der Waals surface area contributed by atoms with Gasteiger partial charge in [0, 0.05) is 19.7 Å². The number of carboxylic acids is 1. The summed E-state index contributed by atoms with van der Waals surface area (Å²) >= 11 is 0. The van der Waals surface area contributed by atoms with Gasteiger partial charge in [0.15, 0.2) is 5.88 Å². The molecule has 2 rings (SSSR count). The zero-order valence-corrected chi connectivity index (χ0v) is 10.4. The molecule has 4 heteroatoms. The number of aryl methyl sites for hydroxylation is 1. The third-order valence-electron chi connectivity index (χ3n) is 2.70. The Morgan fingerprint density at radius 2 is 2.11 bits per heavy atom. The molecule has 0 saturated carbocycles. The molecule has 0 bridgehead atoms. The van der Waals surface area contributed by atoms with Crippen molar-refractivity contribution in [2.45, 2.75) is 13.5 Å². The molecule has 0 atom stereocenters. The minimum atomic E-state index is -0.909. The minimum Gasteiger partial charge on any atom is -0.478 e. The fourth-order valence-electron chi connectivity index (χ4n) is 1.78. The largest absolute Gasteiger partial charge is 0.478 e. The Hall–Kier alpha value is -2.23. The highest BCUT2D eigenvalue weighted by atomic mass is 16.4. The van der Waals surface area contributed by atoms with Gasteiger partial charge in [0.2, 0.25) is 0 Å². The van der Waals surface area contributed by atoms with Crippen molar-refractivity contribution in [3.8, 4) is 0 Å². The lowest BCUT2D eigenvalue weighted by molar-refractivity contribution is 0.0696. The van der Waals surface area contributed by atoms with Gasteiger partial charge in [-0.25, -0.2) is 4.79 Å². The molecule has 18 heavy (non-hydrogen) atoms. The molecule has 0 saturated heterocycles. The van der Waals surface area contributed by atoms with E-state index in [0.29, 0.717) is 12.1 Å². The van der Waals surface area contributed by atoms with E-state index in [0.717, 1.165) is 17.2 Å². The first kappa shape index (κ1) is 12.2. The zero-order chi connectivity index (χ0) is 13.1. The quantitative estimate of drug-likeness (QED) is 0.899. The van der Waals surface area contributed by atoms with Crippen molar-refractivity contribution in [2.75, 3.05) is 11.9 Å². The van der Waals surface area contributed by atoms with Crippen LogP contribution in [0.2, 0.25) is 0 Å². The van der Waals surface area contributed by atoms with E-state index < -0.39 is 5.97 Å². The summed E-state index contributed by atoms with van der Waals surface area (Å²) in [5, 5.41) is 8.93. The van der Waals surface area contributed by atoms with E-state index in [9.17, 15) is 4.79 Å². The van der Waals surface area contributed by atoms with Gasteiger partial charge >= 0.3 is 5.97 Å². The standard InChI is InChI=1S/C14H15NO3/c1-10-6-7-13(18-10)15(2)9-11-4-3-5-12(8-11)14(16)17/h3-8H,9H2,1-2H3,(H,16,17). The molecular formula is C14H15NO3. The predicted octanol–water partition coefficient (Wildman–Crippen LogP) is 2.92. The summed E-state index contributed by atoms with van der Waals surface area (Å²) in [5.74, 6) is 0.720. The first-order valence-corrected chi connectivity index (χ1v) is 5.66. The van der Waals surface area contributed by atoms with Crippen LogP contribution in [0, 0.1) is 6.92 Å². The molecule has 1 aromatic carbocycles. The van der Waals surface area contributed by atoms with E-state index in [1.165, 1.54) is 0 Å². The van der Waals surface area contributed by atoms with Crippen molar-refractivity contribution >= 4 is 11.9 Å². The van der Waals surface area contributed by atoms with Crippen molar-refractivity contribution in [3.63, 3.8) is 0 Å². The Kier molecular flexibility index (Phi) is 3.37. The molecule has 1 aromatic heterocycles. The monoisotopic (exact) mass is 245 g/mol. The van der Waals surface area contributed by atoms with Crippen LogP contribution in [0.1, 0.15) is 21.7 Å². The summed E-state index contributed by atoms with van der Waals surface area (Å²) < 4.78 is 5.50. The molecule has 0 aliphatic rings. The first-order valence-electron chi connectivity index (χ1n) is 5.66. The fraction of sp³-hybridized carbons (Fsp3) is 0.214. The second-order valence-corrected chi connectivity index (χ2v) is 4.25. The fourth-order valence-corrected chi connectivity index (χ4v) is 1.78. The lowest BCUT2D eigenvalue weighted by Gasteiger charge is -2.16. The molecule has 0 amide bonds. The van der Waals surface area contributed by atoms with Crippen LogP contribution in [-0.2, 0) is 6.54 Å². The molecule has 0 radical (unpaired) electrons. The summed E-state index contributed by atoms with van der Waals surface area (Å²) in [6, 6.07) is 10.7. The van der Waals surface area contributed by atoms with Gasteiger partial charge in [-0.3, -0.25) is 0 Å². The molecule has 0 spiro atoms. The summed E-state index contributed by atoms with van der Waals surface area (Å²) in [6.45, 7) is 2.50. The topological polar surface area (TPSA) is 53.7 Å². The van der Waals surface area contributed by atoms with E-state index in [1.807, 2.05) is 37.1 Å². The molecular weight excluding hydrogens is 230 g/mol. The second-order valence-electron chi connectivity index (χ2n) is 4.25. The van der Waals surface area contributed by atoms with Crippen molar-refractivity contribution in [1.29, 1.82) is 0 Å². The maximum Gasteiger partial charge on any atom is 0.335 e. The first-order chi connectivity index (χ1) is 8.56. The molecule has 94 valence electrons. The average Bonchev–Trinajstić information content (AvgIpc) is 2.76.